The third kappa shape index (κ3) is 19.6. The highest BCUT2D eigenvalue weighted by atomic mass is 32.1. The number of ether oxygens (including phenoxy) is 2. The molecule has 0 radical (unpaired) electrons. The molecule has 0 fully saturated rings. The van der Waals surface area contributed by atoms with E-state index < -0.39 is 73.3 Å². The van der Waals surface area contributed by atoms with E-state index in [-0.39, 0.29) is 29.0 Å². The van der Waals surface area contributed by atoms with Gasteiger partial charge >= 0.3 is 18.3 Å². The van der Waals surface area contributed by atoms with Crippen molar-refractivity contribution in [2.75, 3.05) is 18.8 Å². The highest BCUT2D eigenvalue weighted by Gasteiger charge is 2.42. The number of aliphatic carboxylic acids is 1. The number of nitrogen functional groups attached to an aromatic ring is 1. The zero-order chi connectivity index (χ0) is 63.5. The predicted molar refractivity (Wildman–Crippen MR) is 332 cm³/mol. The molecule has 0 saturated carbocycles. The van der Waals surface area contributed by atoms with E-state index in [2.05, 4.69) is 44.4 Å². The minimum Gasteiger partial charge on any atom is -0.481 e. The predicted octanol–water partition coefficient (Wildman–Crippen LogP) is 17.0. The van der Waals surface area contributed by atoms with Crippen molar-refractivity contribution in [1.82, 2.24) is 30.6 Å². The van der Waals surface area contributed by atoms with Crippen molar-refractivity contribution in [3.63, 3.8) is 0 Å². The van der Waals surface area contributed by atoms with E-state index in [1.165, 1.54) is 53.1 Å². The molecule has 12 nitrogen and oxygen atoms in total. The van der Waals surface area contributed by atoms with Crippen molar-refractivity contribution in [3.05, 3.63) is 210 Å². The Morgan fingerprint density at radius 1 is 0.539 bits per heavy atom. The number of pyridine rings is 4. The molecule has 4 aromatic carbocycles. The van der Waals surface area contributed by atoms with Gasteiger partial charge in [0.25, 0.3) is 0 Å². The van der Waals surface area contributed by atoms with Gasteiger partial charge in [0.2, 0.25) is 0 Å². The van der Waals surface area contributed by atoms with Crippen LogP contribution in [-0.2, 0) is 41.9 Å². The zero-order valence-corrected chi connectivity index (χ0v) is 50.0. The Kier molecular flexibility index (Phi) is 23.4. The molecule has 0 aliphatic heterocycles. The fraction of sp³-hybridized carbons (Fsp3) is 0.254. The van der Waals surface area contributed by atoms with Crippen molar-refractivity contribution in [2.45, 2.75) is 84.2 Å². The number of rotatable bonds is 24. The Morgan fingerprint density at radius 3 is 1.36 bits per heavy atom. The number of thiophene rings is 2. The van der Waals surface area contributed by atoms with Gasteiger partial charge in [-0.15, -0.1) is 22.7 Å². The standard InChI is InChI=1S/C34H31F4N3O2S.C27H25F4N3O3S.C6H7N/c1-2-13-39-20-24-8-10-28(41-21-24)32-19-29-33(44-32)31(12-14-40-29)43-30-11-9-23(17-27(30)35)15-25(34(36,37)38)18-26(42)16-22-6-4-3-5-7-22;1-2-8-32-14-17-3-5-20(34-15-17)24-13-21-26(38-24)23(7-9-33-21)37-22-6-4-16(11-19(22)28)10-18(12-25(35)36)27(29,30)31;7-6-4-2-1-3-5-6/h3-12,14,17,19,21,25,39H,2,13,15-16,18,20H2,1H3;3-7,9,11,13,15,18,32H,2,8,10,12,14H2,1H3,(H,35,36);1-5H,7H2. The second-order valence-electron chi connectivity index (χ2n) is 20.8. The number of nitrogens with two attached hydrogens (primary N) is 1. The van der Waals surface area contributed by atoms with Crippen LogP contribution in [0.4, 0.5) is 40.8 Å². The molecule has 6 aromatic heterocycles. The minimum atomic E-state index is -4.72. The summed E-state index contributed by atoms with van der Waals surface area (Å²) in [6.45, 7) is 7.53. The summed E-state index contributed by atoms with van der Waals surface area (Å²) in [5.74, 6) is -7.36. The largest absolute Gasteiger partial charge is 0.481 e. The van der Waals surface area contributed by atoms with Gasteiger partial charge in [-0.2, -0.15) is 26.3 Å². The summed E-state index contributed by atoms with van der Waals surface area (Å²) >= 11 is 2.79. The molecule has 2 atom stereocenters. The van der Waals surface area contributed by atoms with Crippen LogP contribution in [0.15, 0.2) is 170 Å². The lowest BCUT2D eigenvalue weighted by Crippen LogP contribution is -2.28. The van der Waals surface area contributed by atoms with Crippen LogP contribution < -0.4 is 25.8 Å². The van der Waals surface area contributed by atoms with Gasteiger partial charge in [0.05, 0.1) is 59.8 Å². The summed E-state index contributed by atoms with van der Waals surface area (Å²) in [6, 6.07) is 40.2. The van der Waals surface area contributed by atoms with E-state index in [9.17, 15) is 40.3 Å². The highest BCUT2D eigenvalue weighted by Crippen LogP contribution is 2.42. The van der Waals surface area contributed by atoms with Crippen molar-refractivity contribution in [3.8, 4) is 44.1 Å². The number of carboxylic acids is 1. The number of para-hydroxylation sites is 1. The number of nitrogens with one attached hydrogen (secondary N) is 2. The van der Waals surface area contributed by atoms with Gasteiger partial charge in [0.15, 0.2) is 23.1 Å². The first-order chi connectivity index (χ1) is 42.7. The molecule has 5 N–H and O–H groups in total. The van der Waals surface area contributed by atoms with E-state index >= 15 is 4.39 Å². The maximum atomic E-state index is 15.2. The molecule has 464 valence electrons. The van der Waals surface area contributed by atoms with Crippen LogP contribution in [0.5, 0.6) is 23.0 Å². The molecular weight excluding hydrogens is 1200 g/mol. The van der Waals surface area contributed by atoms with Crippen LogP contribution >= 0.6 is 22.7 Å². The monoisotopic (exact) mass is 1260 g/mol. The average molecular weight is 1260 g/mol. The average Bonchev–Trinajstić information content (AvgIpc) is 4.07. The normalized spacial score (nSPS) is 12.2. The second-order valence-corrected chi connectivity index (χ2v) is 22.9. The first-order valence-electron chi connectivity index (χ1n) is 28.5. The number of aromatic nitrogens is 4. The quantitative estimate of drug-likeness (QED) is 0.0256. The van der Waals surface area contributed by atoms with Crippen LogP contribution in [0.2, 0.25) is 0 Å². The Bertz CT molecular complexity index is 3910. The van der Waals surface area contributed by atoms with Crippen LogP contribution in [-0.4, -0.2) is 62.2 Å². The lowest BCUT2D eigenvalue weighted by molar-refractivity contribution is -0.182. The molecule has 0 aliphatic carbocycles. The Labute approximate surface area is 516 Å². The zero-order valence-electron chi connectivity index (χ0n) is 48.4. The number of nitrogens with zero attached hydrogens (tertiary/aromatic N) is 4. The second kappa shape index (κ2) is 31.5. The smallest absolute Gasteiger partial charge is 0.392 e. The van der Waals surface area contributed by atoms with Crippen molar-refractivity contribution >= 4 is 60.5 Å². The molecule has 22 heteroatoms. The van der Waals surface area contributed by atoms with E-state index in [0.29, 0.717) is 37.5 Å². The SMILES string of the molecule is CCCNCc1ccc(-c2cc3nccc(Oc4ccc(CC(CC(=O)Cc5ccccc5)C(F)(F)F)cc4F)c3s2)nc1.CCCNCc1ccc(-c2cc3nccc(Oc4ccc(CC(CC(=O)O)C(F)(F)F)cc4F)c3s2)nc1.Nc1ccccc1. The lowest BCUT2D eigenvalue weighted by atomic mass is 9.91. The molecule has 10 aromatic rings. The molecule has 6 heterocycles. The fourth-order valence-electron chi connectivity index (χ4n) is 9.17. The topological polar surface area (TPSA) is 174 Å². The molecule has 0 bridgehead atoms. The number of alkyl halides is 6. The summed E-state index contributed by atoms with van der Waals surface area (Å²) in [5.41, 5.74) is 11.9. The maximum Gasteiger partial charge on any atom is 0.392 e. The first kappa shape index (κ1) is 66.3. The van der Waals surface area contributed by atoms with Crippen LogP contribution in [0, 0.1) is 23.5 Å². The molecule has 0 amide bonds. The molecular formula is C67H63F8N7O5S2. The number of halogens is 8. The fourth-order valence-corrected chi connectivity index (χ4v) is 11.3. The van der Waals surface area contributed by atoms with Gasteiger partial charge in [-0.3, -0.25) is 29.5 Å². The number of hydrogen-bond acceptors (Lipinski definition) is 13. The summed E-state index contributed by atoms with van der Waals surface area (Å²) in [6.07, 6.45) is -3.55. The van der Waals surface area contributed by atoms with E-state index in [1.807, 2.05) is 79.1 Å². The number of Topliss-reactive ketones (excluding diaryl/α,β-unsaturated/α-hetero) is 1. The summed E-state index contributed by atoms with van der Waals surface area (Å²) in [4.78, 5) is 42.9. The first-order valence-corrected chi connectivity index (χ1v) is 30.1. The molecule has 89 heavy (non-hydrogen) atoms. The van der Waals surface area contributed by atoms with E-state index in [1.54, 1.807) is 48.7 Å². The summed E-state index contributed by atoms with van der Waals surface area (Å²) in [7, 11) is 0. The summed E-state index contributed by atoms with van der Waals surface area (Å²) < 4.78 is 124. The number of anilines is 1. The Balaban J connectivity index is 0.000000209. The van der Waals surface area contributed by atoms with Crippen molar-refractivity contribution < 1.29 is 59.3 Å². The number of carbonyl (C=O) groups is 2. The molecule has 10 rings (SSSR count). The molecule has 2 unspecified atom stereocenters. The molecule has 0 aliphatic rings. The van der Waals surface area contributed by atoms with Gasteiger partial charge in [-0.05, 0) is 127 Å². The van der Waals surface area contributed by atoms with Crippen LogP contribution in [0.3, 0.4) is 0 Å². The van der Waals surface area contributed by atoms with E-state index in [4.69, 9.17) is 20.3 Å². The van der Waals surface area contributed by atoms with Crippen LogP contribution in [0.1, 0.15) is 67.3 Å². The number of hydrogen-bond donors (Lipinski definition) is 4. The van der Waals surface area contributed by atoms with Gasteiger partial charge < -0.3 is 30.9 Å². The number of ketones is 1. The summed E-state index contributed by atoms with van der Waals surface area (Å²) in [5, 5.41) is 15.5. The minimum absolute atomic E-state index is 0.0242. The van der Waals surface area contributed by atoms with E-state index in [0.717, 1.165) is 89.1 Å². The van der Waals surface area contributed by atoms with Gasteiger partial charge in [-0.1, -0.05) is 86.6 Å². The Morgan fingerprint density at radius 2 is 0.978 bits per heavy atom. The number of carbonyl (C=O) groups excluding carboxylic acids is 1. The lowest BCUT2D eigenvalue weighted by Gasteiger charge is -2.20. The number of benzene rings is 4. The third-order valence-electron chi connectivity index (χ3n) is 13.7. The van der Waals surface area contributed by atoms with Crippen molar-refractivity contribution in [2.24, 2.45) is 11.8 Å². The molecule has 0 saturated heterocycles. The highest BCUT2D eigenvalue weighted by molar-refractivity contribution is 7.23. The maximum absolute atomic E-state index is 15.2. The number of carboxylic acid groups (broad SMARTS) is 1. The van der Waals surface area contributed by atoms with Crippen molar-refractivity contribution in [1.29, 1.82) is 0 Å². The molecule has 0 spiro atoms. The van der Waals surface area contributed by atoms with Gasteiger partial charge in [0.1, 0.15) is 17.3 Å². The van der Waals surface area contributed by atoms with Gasteiger partial charge in [0, 0.05) is 68.5 Å². The van der Waals surface area contributed by atoms with Gasteiger partial charge in [-0.25, -0.2) is 8.78 Å². The number of fused-ring (bicyclic) bond motifs is 2. The third-order valence-corrected chi connectivity index (χ3v) is 16.0. The van der Waals surface area contributed by atoms with Crippen LogP contribution in [0.25, 0.3) is 41.6 Å². The Hall–Kier alpha value is -8.70.